The van der Waals surface area contributed by atoms with Gasteiger partial charge >= 0.3 is 0 Å². The van der Waals surface area contributed by atoms with E-state index in [0.29, 0.717) is 5.56 Å². The lowest BCUT2D eigenvalue weighted by Gasteiger charge is -2.40. The summed E-state index contributed by atoms with van der Waals surface area (Å²) in [7, 11) is 2.70. The molecular formula is C19H30O10. The number of ether oxygens (including phenoxy) is 4. The number of benzene rings is 1. The van der Waals surface area contributed by atoms with Crippen LogP contribution in [0.4, 0.5) is 0 Å². The van der Waals surface area contributed by atoms with Crippen molar-refractivity contribution in [2.45, 2.75) is 63.0 Å². The van der Waals surface area contributed by atoms with Gasteiger partial charge in [0.15, 0.2) is 23.0 Å². The minimum Gasteiger partial charge on any atom is -0.504 e. The summed E-state index contributed by atoms with van der Waals surface area (Å²) in [6.45, 7) is 2.64. The maximum atomic E-state index is 10.3. The Labute approximate surface area is 168 Å². The van der Waals surface area contributed by atoms with Gasteiger partial charge in [-0.1, -0.05) is 0 Å². The summed E-state index contributed by atoms with van der Waals surface area (Å²) in [5.74, 6) is 0.0487. The molecule has 166 valence electrons. The van der Waals surface area contributed by atoms with Crippen molar-refractivity contribution in [1.29, 1.82) is 0 Å². The molecule has 1 heterocycles. The van der Waals surface area contributed by atoms with E-state index in [4.69, 9.17) is 18.9 Å². The summed E-state index contributed by atoms with van der Waals surface area (Å²) in [6.07, 6.45) is -6.88. The number of aromatic hydroxyl groups is 1. The van der Waals surface area contributed by atoms with Gasteiger partial charge in [0.05, 0.1) is 26.4 Å². The first-order valence-corrected chi connectivity index (χ1v) is 9.20. The van der Waals surface area contributed by atoms with E-state index in [1.54, 1.807) is 13.8 Å². The minimum atomic E-state index is -1.63. The summed E-state index contributed by atoms with van der Waals surface area (Å²) < 4.78 is 21.7. The Morgan fingerprint density at radius 2 is 1.69 bits per heavy atom. The lowest BCUT2D eigenvalue weighted by molar-refractivity contribution is -0.277. The van der Waals surface area contributed by atoms with E-state index in [1.165, 1.54) is 20.3 Å². The molecule has 1 fully saturated rings. The third kappa shape index (κ3) is 5.21. The van der Waals surface area contributed by atoms with Crippen LogP contribution in [0.3, 0.4) is 0 Å². The van der Waals surface area contributed by atoms with E-state index in [-0.39, 0.29) is 35.8 Å². The third-order valence-electron chi connectivity index (χ3n) is 4.77. The highest BCUT2D eigenvalue weighted by Crippen LogP contribution is 2.46. The largest absolute Gasteiger partial charge is 0.504 e. The maximum absolute atomic E-state index is 10.3. The monoisotopic (exact) mass is 418 g/mol. The summed E-state index contributed by atoms with van der Waals surface area (Å²) in [5, 5.41) is 59.9. The lowest BCUT2D eigenvalue weighted by Crippen LogP contribution is -2.60. The van der Waals surface area contributed by atoms with Crippen LogP contribution >= 0.6 is 0 Å². The SMILES string of the molecule is COc1cc(O)c(OC)c(CCC(C)(C)O)c1O[C@@H]1O[C@H](CO)[C@@H](O)[C@H](O)[C@H]1O. The highest BCUT2D eigenvalue weighted by molar-refractivity contribution is 5.61. The van der Waals surface area contributed by atoms with Crippen LogP contribution in [0.15, 0.2) is 6.07 Å². The highest BCUT2D eigenvalue weighted by atomic mass is 16.7. The molecule has 0 amide bonds. The molecule has 6 N–H and O–H groups in total. The minimum absolute atomic E-state index is 0.0655. The number of phenolic OH excluding ortho intramolecular Hbond substituents is 1. The number of rotatable bonds is 8. The van der Waals surface area contributed by atoms with Crippen LogP contribution in [0.5, 0.6) is 23.0 Å². The zero-order valence-electron chi connectivity index (χ0n) is 16.9. The Morgan fingerprint density at radius 3 is 2.21 bits per heavy atom. The normalized spacial score (nSPS) is 27.6. The van der Waals surface area contributed by atoms with Gasteiger partial charge in [0.25, 0.3) is 0 Å². The van der Waals surface area contributed by atoms with Crippen molar-refractivity contribution in [1.82, 2.24) is 0 Å². The van der Waals surface area contributed by atoms with Crippen LogP contribution in [0, 0.1) is 0 Å². The number of aliphatic hydroxyl groups excluding tert-OH is 4. The van der Waals surface area contributed by atoms with Gasteiger partial charge in [0.2, 0.25) is 6.29 Å². The van der Waals surface area contributed by atoms with Crippen LogP contribution in [0.2, 0.25) is 0 Å². The Balaban J connectivity index is 2.46. The predicted molar refractivity (Wildman–Crippen MR) is 100 cm³/mol. The van der Waals surface area contributed by atoms with Gasteiger partial charge in [-0.3, -0.25) is 0 Å². The highest BCUT2D eigenvalue weighted by Gasteiger charge is 2.45. The van der Waals surface area contributed by atoms with Crippen molar-refractivity contribution in [2.24, 2.45) is 0 Å². The molecule has 0 aliphatic carbocycles. The first-order valence-electron chi connectivity index (χ1n) is 9.20. The van der Waals surface area contributed by atoms with E-state index in [9.17, 15) is 30.6 Å². The second-order valence-corrected chi connectivity index (χ2v) is 7.57. The second kappa shape index (κ2) is 9.33. The number of aliphatic hydroxyl groups is 5. The van der Waals surface area contributed by atoms with Gasteiger partial charge in [0, 0.05) is 11.6 Å². The summed E-state index contributed by atoms with van der Waals surface area (Å²) in [4.78, 5) is 0. The Bertz CT molecular complexity index is 685. The molecule has 1 saturated heterocycles. The molecule has 10 heteroatoms. The van der Waals surface area contributed by atoms with E-state index >= 15 is 0 Å². The fraction of sp³-hybridized carbons (Fsp3) is 0.684. The van der Waals surface area contributed by atoms with Crippen LogP contribution in [0.1, 0.15) is 25.8 Å². The van der Waals surface area contributed by atoms with E-state index in [2.05, 4.69) is 0 Å². The van der Waals surface area contributed by atoms with Gasteiger partial charge < -0.3 is 49.6 Å². The second-order valence-electron chi connectivity index (χ2n) is 7.57. The van der Waals surface area contributed by atoms with Gasteiger partial charge in [-0.2, -0.15) is 0 Å². The Kier molecular flexibility index (Phi) is 7.55. The predicted octanol–water partition coefficient (Wildman–Crippen LogP) is -0.708. The zero-order chi connectivity index (χ0) is 21.9. The average Bonchev–Trinajstić information content (AvgIpc) is 2.66. The molecule has 2 rings (SSSR count). The molecule has 0 bridgehead atoms. The molecule has 0 unspecified atom stereocenters. The number of methoxy groups -OCH3 is 2. The number of phenols is 1. The number of hydrogen-bond donors (Lipinski definition) is 6. The lowest BCUT2D eigenvalue weighted by atomic mass is 9.96. The van der Waals surface area contributed by atoms with Gasteiger partial charge in [-0.25, -0.2) is 0 Å². The van der Waals surface area contributed by atoms with Gasteiger partial charge in [-0.05, 0) is 26.7 Å². The van der Waals surface area contributed by atoms with Crippen molar-refractivity contribution < 1.29 is 49.6 Å². The zero-order valence-corrected chi connectivity index (χ0v) is 16.9. The average molecular weight is 418 g/mol. The molecule has 1 aliphatic heterocycles. The number of hydrogen-bond acceptors (Lipinski definition) is 10. The van der Waals surface area contributed by atoms with E-state index in [0.717, 1.165) is 0 Å². The van der Waals surface area contributed by atoms with Crippen LogP contribution in [-0.4, -0.2) is 87.8 Å². The van der Waals surface area contributed by atoms with Crippen molar-refractivity contribution in [3.63, 3.8) is 0 Å². The molecule has 1 aromatic carbocycles. The first kappa shape index (κ1) is 23.5. The smallest absolute Gasteiger partial charge is 0.229 e. The fourth-order valence-electron chi connectivity index (χ4n) is 3.11. The van der Waals surface area contributed by atoms with Gasteiger partial charge in [-0.15, -0.1) is 0 Å². The van der Waals surface area contributed by atoms with Gasteiger partial charge in [0.1, 0.15) is 24.4 Å². The third-order valence-corrected chi connectivity index (χ3v) is 4.77. The molecule has 10 nitrogen and oxygen atoms in total. The van der Waals surface area contributed by atoms with Crippen LogP contribution in [-0.2, 0) is 11.2 Å². The Hall–Kier alpha value is -1.82. The quantitative estimate of drug-likeness (QED) is 0.318. The molecule has 0 spiro atoms. The molecule has 0 aromatic heterocycles. The van der Waals surface area contributed by atoms with Crippen LogP contribution < -0.4 is 14.2 Å². The molecule has 0 saturated carbocycles. The fourth-order valence-corrected chi connectivity index (χ4v) is 3.11. The standard InChI is InChI=1S/C19H30O10/c1-19(2,25)6-5-9-16(27-4)10(21)7-11(26-3)17(9)29-18-15(24)14(23)13(22)12(8-20)28-18/h7,12-15,18,20-25H,5-6,8H2,1-4H3/t12-,13-,14+,15-,18+/m1/s1. The topological polar surface area (TPSA) is 158 Å². The molecule has 0 radical (unpaired) electrons. The van der Waals surface area contributed by atoms with E-state index in [1.807, 2.05) is 0 Å². The summed E-state index contributed by atoms with van der Waals surface area (Å²) >= 11 is 0. The van der Waals surface area contributed by atoms with E-state index < -0.39 is 42.9 Å². The van der Waals surface area contributed by atoms with Crippen molar-refractivity contribution in [3.05, 3.63) is 11.6 Å². The molecular weight excluding hydrogens is 388 g/mol. The molecule has 1 aliphatic rings. The first-order chi connectivity index (χ1) is 13.5. The molecule has 1 aromatic rings. The maximum Gasteiger partial charge on any atom is 0.229 e. The Morgan fingerprint density at radius 1 is 1.03 bits per heavy atom. The summed E-state index contributed by atoms with van der Waals surface area (Å²) in [5.41, 5.74) is -0.673. The van der Waals surface area contributed by atoms with Crippen molar-refractivity contribution >= 4 is 0 Å². The summed E-state index contributed by atoms with van der Waals surface area (Å²) in [6, 6.07) is 1.26. The van der Waals surface area contributed by atoms with Crippen molar-refractivity contribution in [2.75, 3.05) is 20.8 Å². The molecule has 5 atom stereocenters. The molecule has 29 heavy (non-hydrogen) atoms. The van der Waals surface area contributed by atoms with Crippen LogP contribution in [0.25, 0.3) is 0 Å². The van der Waals surface area contributed by atoms with Crippen molar-refractivity contribution in [3.8, 4) is 23.0 Å².